The molecule has 0 radical (unpaired) electrons. The third-order valence-electron chi connectivity index (χ3n) is 8.10. The van der Waals surface area contributed by atoms with Gasteiger partial charge in [-0.2, -0.15) is 0 Å². The van der Waals surface area contributed by atoms with Crippen molar-refractivity contribution in [1.29, 1.82) is 0 Å². The summed E-state index contributed by atoms with van der Waals surface area (Å²) in [5.74, 6) is -0.429. The summed E-state index contributed by atoms with van der Waals surface area (Å²) in [6.45, 7) is 16.2. The Morgan fingerprint density at radius 1 is 0.577 bits per heavy atom. The summed E-state index contributed by atoms with van der Waals surface area (Å²) in [4.78, 5) is 49.5. The number of rotatable bonds is 13. The van der Waals surface area contributed by atoms with Crippen LogP contribution in [0.15, 0.2) is 116 Å². The Labute approximate surface area is 302 Å². The molecule has 0 aliphatic carbocycles. The Kier molecular flexibility index (Phi) is 10.9. The fraction of sp³-hybridized carbons (Fsp3) is 0.209. The molecular formula is C43H40O9. The van der Waals surface area contributed by atoms with Gasteiger partial charge in [-0.05, 0) is 134 Å². The lowest BCUT2D eigenvalue weighted by Crippen LogP contribution is -2.40. The van der Waals surface area contributed by atoms with Crippen molar-refractivity contribution in [1.82, 2.24) is 0 Å². The molecule has 0 unspecified atom stereocenters. The minimum absolute atomic E-state index is 0.344. The molecule has 9 heteroatoms. The van der Waals surface area contributed by atoms with E-state index < -0.39 is 35.1 Å². The second kappa shape index (κ2) is 15.3. The molecule has 0 N–H and O–H groups in total. The predicted octanol–water partition coefficient (Wildman–Crippen LogP) is 9.14. The van der Waals surface area contributed by atoms with Crippen LogP contribution in [0.2, 0.25) is 0 Å². The number of aryl methyl sites for hydroxylation is 1. The maximum atomic E-state index is 13.1. The molecule has 0 atom stereocenters. The summed E-state index contributed by atoms with van der Waals surface area (Å²) in [5.41, 5.74) is 0.152. The molecule has 0 aromatic heterocycles. The Balaban J connectivity index is 1.25. The van der Waals surface area contributed by atoms with Gasteiger partial charge in [0.1, 0.15) is 34.2 Å². The maximum absolute atomic E-state index is 13.1. The van der Waals surface area contributed by atoms with E-state index in [9.17, 15) is 19.2 Å². The van der Waals surface area contributed by atoms with E-state index in [-0.39, 0.29) is 0 Å². The van der Waals surface area contributed by atoms with Crippen LogP contribution in [0.5, 0.6) is 23.0 Å². The lowest BCUT2D eigenvalue weighted by molar-refractivity contribution is -0.154. The van der Waals surface area contributed by atoms with E-state index in [0.717, 1.165) is 39.3 Å². The van der Waals surface area contributed by atoms with E-state index in [4.69, 9.17) is 23.7 Å². The van der Waals surface area contributed by atoms with E-state index in [1.807, 2.05) is 40.7 Å². The lowest BCUT2D eigenvalue weighted by Gasteiger charge is -2.34. The van der Waals surface area contributed by atoms with Crippen molar-refractivity contribution in [3.63, 3.8) is 0 Å². The molecule has 5 aromatic rings. The third-order valence-corrected chi connectivity index (χ3v) is 8.10. The van der Waals surface area contributed by atoms with E-state index in [0.29, 0.717) is 47.0 Å². The highest BCUT2D eigenvalue weighted by molar-refractivity contribution is 5.98. The molecule has 0 aliphatic rings. The quantitative estimate of drug-likeness (QED) is 0.0674. The van der Waals surface area contributed by atoms with Gasteiger partial charge in [0.15, 0.2) is 0 Å². The molecule has 266 valence electrons. The van der Waals surface area contributed by atoms with Crippen molar-refractivity contribution in [3.8, 4) is 23.0 Å². The first-order chi connectivity index (χ1) is 24.7. The molecule has 0 heterocycles. The van der Waals surface area contributed by atoms with Gasteiger partial charge in [0, 0.05) is 18.6 Å². The molecule has 0 spiro atoms. The SMILES string of the molecule is C=CC(=O)Oc1ccc2cc(C(=O)Oc3ccc4cc(OC(=O)c5ccc(OC(C)(C)CC(C)(C)OC(=O)C=C)cc5)cc(CC)c4c3)ccc2c1. The highest BCUT2D eigenvalue weighted by Crippen LogP contribution is 2.32. The molecule has 0 saturated carbocycles. The molecule has 0 aliphatic heterocycles. The van der Waals surface area contributed by atoms with Gasteiger partial charge in [0.25, 0.3) is 0 Å². The van der Waals surface area contributed by atoms with Crippen LogP contribution in [0.1, 0.15) is 67.3 Å². The molecule has 0 fully saturated rings. The number of carbonyl (C=O) groups excluding carboxylic acids is 4. The highest BCUT2D eigenvalue weighted by Gasteiger charge is 2.33. The van der Waals surface area contributed by atoms with Crippen LogP contribution in [0.3, 0.4) is 0 Å². The van der Waals surface area contributed by atoms with Gasteiger partial charge < -0.3 is 23.7 Å². The van der Waals surface area contributed by atoms with Gasteiger partial charge in [-0.3, -0.25) is 0 Å². The van der Waals surface area contributed by atoms with Gasteiger partial charge in [-0.25, -0.2) is 19.2 Å². The van der Waals surface area contributed by atoms with Crippen LogP contribution >= 0.6 is 0 Å². The van der Waals surface area contributed by atoms with Crippen LogP contribution in [-0.2, 0) is 20.7 Å². The number of esters is 4. The first-order valence-corrected chi connectivity index (χ1v) is 16.7. The second-order valence-corrected chi connectivity index (χ2v) is 13.4. The summed E-state index contributed by atoms with van der Waals surface area (Å²) in [7, 11) is 0. The molecule has 5 aromatic carbocycles. The maximum Gasteiger partial charge on any atom is 0.343 e. The molecule has 9 nitrogen and oxygen atoms in total. The van der Waals surface area contributed by atoms with E-state index >= 15 is 0 Å². The first-order valence-electron chi connectivity index (χ1n) is 16.7. The van der Waals surface area contributed by atoms with Gasteiger partial charge in [0.2, 0.25) is 0 Å². The molecule has 0 saturated heterocycles. The van der Waals surface area contributed by atoms with Crippen molar-refractivity contribution >= 4 is 45.4 Å². The van der Waals surface area contributed by atoms with Crippen molar-refractivity contribution in [2.75, 3.05) is 0 Å². The number of hydrogen-bond acceptors (Lipinski definition) is 9. The van der Waals surface area contributed by atoms with Gasteiger partial charge in [-0.1, -0.05) is 38.3 Å². The second-order valence-electron chi connectivity index (χ2n) is 13.4. The van der Waals surface area contributed by atoms with Crippen molar-refractivity contribution in [2.45, 2.75) is 58.7 Å². The van der Waals surface area contributed by atoms with Gasteiger partial charge in [-0.15, -0.1) is 0 Å². The Hall–Kier alpha value is -6.22. The Morgan fingerprint density at radius 3 is 1.79 bits per heavy atom. The number of ether oxygens (including phenoxy) is 5. The zero-order valence-electron chi connectivity index (χ0n) is 29.8. The largest absolute Gasteiger partial charge is 0.488 e. The van der Waals surface area contributed by atoms with Gasteiger partial charge in [0.05, 0.1) is 11.1 Å². The first kappa shape index (κ1) is 37.0. The standard InChI is InChI=1S/C43H40O9/c1-8-27-22-36(50-40(46)28-13-17-33(18-14-28)51-42(4,5)26-43(6,7)52-39(45)10-3)24-31-16-20-35(25-37(27)31)49-41(47)32-12-11-30-23-34(48-38(44)9-2)19-15-29(30)21-32/h9-25H,2-3,8,26H2,1,4-7H3. The minimum Gasteiger partial charge on any atom is -0.488 e. The number of fused-ring (bicyclic) bond motifs is 2. The predicted molar refractivity (Wildman–Crippen MR) is 199 cm³/mol. The average Bonchev–Trinajstić information content (AvgIpc) is 3.10. The smallest absolute Gasteiger partial charge is 0.343 e. The Morgan fingerprint density at radius 2 is 1.12 bits per heavy atom. The van der Waals surface area contributed by atoms with Crippen molar-refractivity contribution < 1.29 is 42.9 Å². The lowest BCUT2D eigenvalue weighted by atomic mass is 9.92. The average molecular weight is 701 g/mol. The zero-order chi connectivity index (χ0) is 37.6. The molecule has 52 heavy (non-hydrogen) atoms. The van der Waals surface area contributed by atoms with Crippen LogP contribution in [-0.4, -0.2) is 35.1 Å². The van der Waals surface area contributed by atoms with E-state index in [1.54, 1.807) is 84.9 Å². The highest BCUT2D eigenvalue weighted by atomic mass is 16.6. The monoisotopic (exact) mass is 700 g/mol. The zero-order valence-corrected chi connectivity index (χ0v) is 29.8. The summed E-state index contributed by atoms with van der Waals surface area (Å²) in [6, 6.07) is 25.7. The fourth-order valence-corrected chi connectivity index (χ4v) is 6.09. The molecule has 0 bridgehead atoms. The van der Waals surface area contributed by atoms with Crippen LogP contribution < -0.4 is 18.9 Å². The fourth-order valence-electron chi connectivity index (χ4n) is 6.09. The van der Waals surface area contributed by atoms with E-state index in [2.05, 4.69) is 13.2 Å². The molecule has 0 amide bonds. The summed E-state index contributed by atoms with van der Waals surface area (Å²) >= 11 is 0. The van der Waals surface area contributed by atoms with Crippen molar-refractivity contribution in [3.05, 3.63) is 133 Å². The number of benzene rings is 5. The number of carbonyl (C=O) groups is 4. The topological polar surface area (TPSA) is 114 Å². The number of hydrogen-bond donors (Lipinski definition) is 0. The van der Waals surface area contributed by atoms with Crippen molar-refractivity contribution in [2.24, 2.45) is 0 Å². The summed E-state index contributed by atoms with van der Waals surface area (Å²) in [6.07, 6.45) is 3.27. The molecule has 5 rings (SSSR count). The summed E-state index contributed by atoms with van der Waals surface area (Å²) < 4.78 is 28.3. The van der Waals surface area contributed by atoms with Gasteiger partial charge >= 0.3 is 23.9 Å². The third kappa shape index (κ3) is 9.31. The van der Waals surface area contributed by atoms with Crippen LogP contribution in [0, 0.1) is 0 Å². The van der Waals surface area contributed by atoms with Crippen LogP contribution in [0.25, 0.3) is 21.5 Å². The van der Waals surface area contributed by atoms with Crippen LogP contribution in [0.4, 0.5) is 0 Å². The minimum atomic E-state index is -0.779. The normalized spacial score (nSPS) is 11.4. The van der Waals surface area contributed by atoms with E-state index in [1.165, 1.54) is 0 Å². The Bertz CT molecular complexity index is 2190. The molecular weight excluding hydrogens is 660 g/mol. The summed E-state index contributed by atoms with van der Waals surface area (Å²) in [5, 5.41) is 3.24.